The van der Waals surface area contributed by atoms with Crippen molar-refractivity contribution in [2.45, 2.75) is 50.9 Å². The summed E-state index contributed by atoms with van der Waals surface area (Å²) < 4.78 is 5.10. The lowest BCUT2D eigenvalue weighted by atomic mass is 9.71. The summed E-state index contributed by atoms with van der Waals surface area (Å²) in [5.74, 6) is 0.159. The van der Waals surface area contributed by atoms with E-state index in [0.717, 1.165) is 5.56 Å². The fraction of sp³-hybridized carbons (Fsp3) is 0.615. The number of nitrogens with two attached hydrogens (primary N) is 1. The van der Waals surface area contributed by atoms with Crippen LogP contribution in [0.3, 0.4) is 0 Å². The summed E-state index contributed by atoms with van der Waals surface area (Å²) in [6, 6.07) is 0. The number of rotatable bonds is 2. The van der Waals surface area contributed by atoms with E-state index in [-0.39, 0.29) is 12.1 Å². The van der Waals surface area contributed by atoms with E-state index in [1.165, 1.54) is 0 Å². The normalized spacial score (nSPS) is 25.8. The van der Waals surface area contributed by atoms with Crippen LogP contribution >= 0.6 is 0 Å². The summed E-state index contributed by atoms with van der Waals surface area (Å²) in [4.78, 5) is 19.6. The molecule has 2 rings (SSSR count). The molecule has 7 heteroatoms. The SMILES string of the molecule is CC(C)(C)OC(=O)Nc1ncc(C2(N)CC(O)C2)cn1. The zero-order valence-corrected chi connectivity index (χ0v) is 11.9. The van der Waals surface area contributed by atoms with Gasteiger partial charge < -0.3 is 15.6 Å². The van der Waals surface area contributed by atoms with E-state index in [9.17, 15) is 9.90 Å². The molecule has 0 atom stereocenters. The molecular weight excluding hydrogens is 260 g/mol. The van der Waals surface area contributed by atoms with Crippen molar-refractivity contribution in [3.05, 3.63) is 18.0 Å². The van der Waals surface area contributed by atoms with Crippen molar-refractivity contribution in [2.24, 2.45) is 5.73 Å². The van der Waals surface area contributed by atoms with Crippen LogP contribution in [-0.2, 0) is 10.3 Å². The summed E-state index contributed by atoms with van der Waals surface area (Å²) in [6.07, 6.45) is 3.15. The van der Waals surface area contributed by atoms with Crippen molar-refractivity contribution in [2.75, 3.05) is 5.32 Å². The van der Waals surface area contributed by atoms with Crippen LogP contribution in [0, 0.1) is 0 Å². The topological polar surface area (TPSA) is 110 Å². The van der Waals surface area contributed by atoms with Gasteiger partial charge in [-0.25, -0.2) is 14.8 Å². The van der Waals surface area contributed by atoms with Crippen molar-refractivity contribution in [3.63, 3.8) is 0 Å². The molecule has 1 aromatic heterocycles. The van der Waals surface area contributed by atoms with Gasteiger partial charge in [-0.15, -0.1) is 0 Å². The maximum atomic E-state index is 11.5. The molecule has 20 heavy (non-hydrogen) atoms. The number of amides is 1. The monoisotopic (exact) mass is 280 g/mol. The van der Waals surface area contributed by atoms with Gasteiger partial charge in [0.05, 0.1) is 6.10 Å². The van der Waals surface area contributed by atoms with Crippen LogP contribution in [0.25, 0.3) is 0 Å². The van der Waals surface area contributed by atoms with Gasteiger partial charge in [-0.3, -0.25) is 5.32 Å². The predicted octanol–water partition coefficient (Wildman–Crippen LogP) is 1.13. The van der Waals surface area contributed by atoms with E-state index in [4.69, 9.17) is 10.5 Å². The molecule has 0 unspecified atom stereocenters. The number of hydrogen-bond donors (Lipinski definition) is 3. The number of nitrogens with one attached hydrogen (secondary N) is 1. The van der Waals surface area contributed by atoms with E-state index < -0.39 is 17.2 Å². The van der Waals surface area contributed by atoms with Gasteiger partial charge >= 0.3 is 6.09 Å². The van der Waals surface area contributed by atoms with Crippen LogP contribution in [-0.4, -0.2) is 32.9 Å². The molecule has 1 heterocycles. The third-order valence-electron chi connectivity index (χ3n) is 3.04. The number of aromatic nitrogens is 2. The summed E-state index contributed by atoms with van der Waals surface area (Å²) >= 11 is 0. The van der Waals surface area contributed by atoms with Crippen LogP contribution in [0.15, 0.2) is 12.4 Å². The number of anilines is 1. The highest BCUT2D eigenvalue weighted by Gasteiger charge is 2.41. The standard InChI is InChI=1S/C13H20N4O3/c1-12(2,3)20-11(19)17-10-15-6-8(7-16-10)13(14)4-9(18)5-13/h6-7,9,18H,4-5,14H2,1-3H3,(H,15,16,17,19). The quantitative estimate of drug-likeness (QED) is 0.749. The molecule has 7 nitrogen and oxygen atoms in total. The first-order valence-electron chi connectivity index (χ1n) is 6.47. The van der Waals surface area contributed by atoms with Crippen LogP contribution in [0.5, 0.6) is 0 Å². The average Bonchev–Trinajstić information content (AvgIpc) is 2.25. The zero-order chi connectivity index (χ0) is 15.0. The summed E-state index contributed by atoms with van der Waals surface area (Å²) in [6.45, 7) is 5.32. The van der Waals surface area contributed by atoms with Crippen LogP contribution < -0.4 is 11.1 Å². The Labute approximate surface area is 117 Å². The second-order valence-corrected chi connectivity index (χ2v) is 6.14. The lowest BCUT2D eigenvalue weighted by Crippen LogP contribution is -2.51. The van der Waals surface area contributed by atoms with E-state index in [1.54, 1.807) is 33.2 Å². The van der Waals surface area contributed by atoms with Crippen molar-refractivity contribution in [3.8, 4) is 0 Å². The summed E-state index contributed by atoms with van der Waals surface area (Å²) in [5.41, 5.74) is 5.70. The van der Waals surface area contributed by atoms with Crippen molar-refractivity contribution in [1.82, 2.24) is 9.97 Å². The van der Waals surface area contributed by atoms with Crippen molar-refractivity contribution in [1.29, 1.82) is 0 Å². The smallest absolute Gasteiger partial charge is 0.414 e. The van der Waals surface area contributed by atoms with E-state index >= 15 is 0 Å². The Morgan fingerprint density at radius 3 is 2.45 bits per heavy atom. The third-order valence-corrected chi connectivity index (χ3v) is 3.04. The molecule has 1 saturated carbocycles. The molecule has 0 saturated heterocycles. The van der Waals surface area contributed by atoms with Gasteiger partial charge in [0, 0.05) is 23.5 Å². The van der Waals surface area contributed by atoms with Crippen LogP contribution in [0.2, 0.25) is 0 Å². The highest BCUT2D eigenvalue weighted by molar-refractivity contribution is 5.82. The van der Waals surface area contributed by atoms with Gasteiger partial charge in [0.25, 0.3) is 0 Å². The van der Waals surface area contributed by atoms with E-state index in [2.05, 4.69) is 15.3 Å². The second-order valence-electron chi connectivity index (χ2n) is 6.14. The number of aliphatic hydroxyl groups excluding tert-OH is 1. The Bertz CT molecular complexity index is 489. The molecule has 1 aliphatic rings. The number of nitrogens with zero attached hydrogens (tertiary/aromatic N) is 2. The summed E-state index contributed by atoms with van der Waals surface area (Å²) in [7, 11) is 0. The second kappa shape index (κ2) is 4.99. The highest BCUT2D eigenvalue weighted by atomic mass is 16.6. The van der Waals surface area contributed by atoms with Gasteiger partial charge in [0.15, 0.2) is 0 Å². The highest BCUT2D eigenvalue weighted by Crippen LogP contribution is 2.38. The molecule has 0 bridgehead atoms. The molecule has 0 spiro atoms. The molecule has 0 aliphatic heterocycles. The Morgan fingerprint density at radius 2 is 2.00 bits per heavy atom. The molecule has 110 valence electrons. The minimum atomic E-state index is -0.605. The Balaban J connectivity index is 1.97. The fourth-order valence-electron chi connectivity index (χ4n) is 2.06. The number of hydrogen-bond acceptors (Lipinski definition) is 6. The molecule has 1 fully saturated rings. The van der Waals surface area contributed by atoms with Crippen molar-refractivity contribution >= 4 is 12.0 Å². The lowest BCUT2D eigenvalue weighted by molar-refractivity contribution is 0.0206. The number of carbonyl (C=O) groups is 1. The first-order chi connectivity index (χ1) is 9.18. The number of aliphatic hydroxyl groups is 1. The maximum absolute atomic E-state index is 11.5. The van der Waals surface area contributed by atoms with Crippen LogP contribution in [0.4, 0.5) is 10.7 Å². The van der Waals surface area contributed by atoms with Gasteiger partial charge in [0.1, 0.15) is 5.60 Å². The Hall–Kier alpha value is -1.73. The van der Waals surface area contributed by atoms with Gasteiger partial charge in [-0.1, -0.05) is 0 Å². The third kappa shape index (κ3) is 3.43. The lowest BCUT2D eigenvalue weighted by Gasteiger charge is -2.42. The average molecular weight is 280 g/mol. The number of carbonyl (C=O) groups excluding carboxylic acids is 1. The van der Waals surface area contributed by atoms with Crippen LogP contribution in [0.1, 0.15) is 39.2 Å². The molecule has 0 aromatic carbocycles. The summed E-state index contributed by atoms with van der Waals surface area (Å²) in [5, 5.41) is 11.8. The minimum absolute atomic E-state index is 0.159. The molecular formula is C13H20N4O3. The molecule has 4 N–H and O–H groups in total. The minimum Gasteiger partial charge on any atom is -0.444 e. The molecule has 1 aliphatic carbocycles. The molecule has 1 aromatic rings. The van der Waals surface area contributed by atoms with Gasteiger partial charge in [-0.2, -0.15) is 0 Å². The first kappa shape index (κ1) is 14.7. The Morgan fingerprint density at radius 1 is 1.45 bits per heavy atom. The van der Waals surface area contributed by atoms with Gasteiger partial charge in [-0.05, 0) is 33.6 Å². The maximum Gasteiger partial charge on any atom is 0.414 e. The van der Waals surface area contributed by atoms with Crippen molar-refractivity contribution < 1.29 is 14.6 Å². The fourth-order valence-corrected chi connectivity index (χ4v) is 2.06. The van der Waals surface area contributed by atoms with E-state index in [0.29, 0.717) is 12.8 Å². The Kier molecular flexibility index (Phi) is 3.66. The molecule has 1 amide bonds. The zero-order valence-electron chi connectivity index (χ0n) is 11.9. The van der Waals surface area contributed by atoms with E-state index in [1.807, 2.05) is 0 Å². The van der Waals surface area contributed by atoms with Gasteiger partial charge in [0.2, 0.25) is 5.95 Å². The molecule has 0 radical (unpaired) electrons. The largest absolute Gasteiger partial charge is 0.444 e. The first-order valence-corrected chi connectivity index (χ1v) is 6.47. The number of ether oxygens (including phenoxy) is 1. The predicted molar refractivity (Wildman–Crippen MR) is 73.0 cm³/mol.